The minimum absolute atomic E-state index is 0.134. The first-order valence-corrected chi connectivity index (χ1v) is 4.98. The molecule has 0 unspecified atom stereocenters. The van der Waals surface area contributed by atoms with E-state index in [0.717, 1.165) is 0 Å². The number of hydrogen-bond acceptors (Lipinski definition) is 4. The number of carboxylic acid groups (broad SMARTS) is 1. The Kier molecular flexibility index (Phi) is 3.92. The van der Waals surface area contributed by atoms with E-state index >= 15 is 0 Å². The van der Waals surface area contributed by atoms with E-state index in [1.807, 2.05) is 0 Å². The Morgan fingerprint density at radius 2 is 1.88 bits per heavy atom. The molecule has 0 saturated carbocycles. The van der Waals surface area contributed by atoms with Crippen LogP contribution in [0.1, 0.15) is 23.7 Å². The standard InChI is InChI=1S/C11H11NO5/c1-2-9(11(14)15)10(13)7-3-5-8(6-4-7)12(16)17/h3-6,9H,2H2,1H3,(H,14,15)/t9-/m1/s1. The Morgan fingerprint density at radius 3 is 2.24 bits per heavy atom. The Labute approximate surface area is 97.0 Å². The van der Waals surface area contributed by atoms with Crippen LogP contribution in [0.25, 0.3) is 0 Å². The predicted molar refractivity (Wildman–Crippen MR) is 58.8 cm³/mol. The maximum Gasteiger partial charge on any atom is 0.314 e. The molecule has 1 rings (SSSR count). The number of hydrogen-bond donors (Lipinski definition) is 1. The number of Topliss-reactive ketones (excluding diaryl/α,β-unsaturated/α-hetero) is 1. The van der Waals surface area contributed by atoms with Gasteiger partial charge in [-0.05, 0) is 18.6 Å². The number of nitro benzene ring substituents is 1. The second-order valence-corrected chi connectivity index (χ2v) is 3.47. The minimum atomic E-state index is -1.18. The number of non-ortho nitro benzene ring substituents is 1. The summed E-state index contributed by atoms with van der Waals surface area (Å²) in [4.78, 5) is 32.4. The van der Waals surface area contributed by atoms with Gasteiger partial charge in [0.15, 0.2) is 5.78 Å². The van der Waals surface area contributed by atoms with Crippen LogP contribution >= 0.6 is 0 Å². The highest BCUT2D eigenvalue weighted by atomic mass is 16.6. The number of carboxylic acids is 1. The van der Waals surface area contributed by atoms with E-state index < -0.39 is 22.6 Å². The summed E-state index contributed by atoms with van der Waals surface area (Å²) >= 11 is 0. The second-order valence-electron chi connectivity index (χ2n) is 3.47. The van der Waals surface area contributed by atoms with E-state index in [9.17, 15) is 19.7 Å². The van der Waals surface area contributed by atoms with Gasteiger partial charge in [0.25, 0.3) is 5.69 Å². The lowest BCUT2D eigenvalue weighted by molar-refractivity contribution is -0.384. The summed E-state index contributed by atoms with van der Waals surface area (Å²) in [5.41, 5.74) is 0.0368. The van der Waals surface area contributed by atoms with Crippen LogP contribution in [0.5, 0.6) is 0 Å². The van der Waals surface area contributed by atoms with Crippen molar-refractivity contribution in [1.82, 2.24) is 0 Å². The average Bonchev–Trinajstić information content (AvgIpc) is 2.29. The van der Waals surface area contributed by atoms with Crippen molar-refractivity contribution in [3.63, 3.8) is 0 Å². The first kappa shape index (κ1) is 12.8. The van der Waals surface area contributed by atoms with E-state index in [0.29, 0.717) is 0 Å². The van der Waals surface area contributed by atoms with Crippen molar-refractivity contribution in [2.75, 3.05) is 0 Å². The predicted octanol–water partition coefficient (Wildman–Crippen LogP) is 1.89. The highest BCUT2D eigenvalue weighted by molar-refractivity contribution is 6.08. The third kappa shape index (κ3) is 2.87. The molecule has 90 valence electrons. The molecule has 0 fully saturated rings. The van der Waals surface area contributed by atoms with Crippen molar-refractivity contribution in [3.05, 3.63) is 39.9 Å². The molecule has 0 amide bonds. The van der Waals surface area contributed by atoms with Crippen molar-refractivity contribution >= 4 is 17.4 Å². The van der Waals surface area contributed by atoms with E-state index in [4.69, 9.17) is 5.11 Å². The molecular formula is C11H11NO5. The van der Waals surface area contributed by atoms with Crippen LogP contribution in [-0.4, -0.2) is 21.8 Å². The Morgan fingerprint density at radius 1 is 1.35 bits per heavy atom. The van der Waals surface area contributed by atoms with Gasteiger partial charge in [-0.25, -0.2) is 0 Å². The lowest BCUT2D eigenvalue weighted by Gasteiger charge is -2.07. The molecule has 0 saturated heterocycles. The smallest absolute Gasteiger partial charge is 0.314 e. The molecule has 0 aromatic heterocycles. The van der Waals surface area contributed by atoms with Crippen LogP contribution in [0.3, 0.4) is 0 Å². The van der Waals surface area contributed by atoms with Gasteiger partial charge in [-0.3, -0.25) is 19.7 Å². The molecule has 0 radical (unpaired) electrons. The number of rotatable bonds is 5. The molecule has 17 heavy (non-hydrogen) atoms. The van der Waals surface area contributed by atoms with E-state index in [-0.39, 0.29) is 17.7 Å². The number of carbonyl (C=O) groups excluding carboxylic acids is 1. The average molecular weight is 237 g/mol. The van der Waals surface area contributed by atoms with Gasteiger partial charge in [0.2, 0.25) is 0 Å². The van der Waals surface area contributed by atoms with E-state index in [1.165, 1.54) is 24.3 Å². The van der Waals surface area contributed by atoms with Gasteiger partial charge in [0, 0.05) is 17.7 Å². The van der Waals surface area contributed by atoms with Crippen LogP contribution in [0.2, 0.25) is 0 Å². The summed E-state index contributed by atoms with van der Waals surface area (Å²) in [6, 6.07) is 4.90. The first-order valence-electron chi connectivity index (χ1n) is 4.98. The number of nitro groups is 1. The molecule has 0 heterocycles. The molecule has 0 aliphatic heterocycles. The first-order chi connectivity index (χ1) is 7.97. The topological polar surface area (TPSA) is 97.5 Å². The van der Waals surface area contributed by atoms with Crippen molar-refractivity contribution < 1.29 is 19.6 Å². The molecule has 1 N–H and O–H groups in total. The molecule has 6 nitrogen and oxygen atoms in total. The molecule has 0 aliphatic carbocycles. The summed E-state index contributed by atoms with van der Waals surface area (Å²) in [6.07, 6.45) is 0.186. The van der Waals surface area contributed by atoms with Crippen molar-refractivity contribution in [2.24, 2.45) is 5.92 Å². The SMILES string of the molecule is CC[C@@H](C(=O)O)C(=O)c1ccc([N+](=O)[O-])cc1. The number of ketones is 1. The highest BCUT2D eigenvalue weighted by Crippen LogP contribution is 2.16. The number of aliphatic carboxylic acids is 1. The van der Waals surface area contributed by atoms with Gasteiger partial charge in [0.05, 0.1) is 4.92 Å². The van der Waals surface area contributed by atoms with Crippen molar-refractivity contribution in [3.8, 4) is 0 Å². The largest absolute Gasteiger partial charge is 0.481 e. The van der Waals surface area contributed by atoms with Gasteiger partial charge in [-0.1, -0.05) is 6.92 Å². The molecular weight excluding hydrogens is 226 g/mol. The summed E-state index contributed by atoms with van der Waals surface area (Å²) < 4.78 is 0. The highest BCUT2D eigenvalue weighted by Gasteiger charge is 2.25. The fourth-order valence-corrected chi connectivity index (χ4v) is 1.42. The van der Waals surface area contributed by atoms with Gasteiger partial charge in [0.1, 0.15) is 5.92 Å². The third-order valence-electron chi connectivity index (χ3n) is 2.39. The van der Waals surface area contributed by atoms with Crippen LogP contribution < -0.4 is 0 Å². The molecule has 0 aliphatic rings. The molecule has 1 aromatic rings. The summed E-state index contributed by atoms with van der Waals surface area (Å²) in [6.45, 7) is 1.60. The molecule has 0 spiro atoms. The second kappa shape index (κ2) is 5.20. The Hall–Kier alpha value is -2.24. The molecule has 0 bridgehead atoms. The maximum atomic E-state index is 11.7. The Balaban J connectivity index is 2.97. The lowest BCUT2D eigenvalue weighted by atomic mass is 9.95. The zero-order chi connectivity index (χ0) is 13.0. The fraction of sp³-hybridized carbons (Fsp3) is 0.273. The van der Waals surface area contributed by atoms with E-state index in [2.05, 4.69) is 0 Å². The normalized spacial score (nSPS) is 11.8. The molecule has 1 aromatic carbocycles. The van der Waals surface area contributed by atoms with Crippen LogP contribution in [-0.2, 0) is 4.79 Å². The van der Waals surface area contributed by atoms with Gasteiger partial charge >= 0.3 is 5.97 Å². The van der Waals surface area contributed by atoms with Gasteiger partial charge in [-0.2, -0.15) is 0 Å². The van der Waals surface area contributed by atoms with Crippen LogP contribution in [0.4, 0.5) is 5.69 Å². The monoisotopic (exact) mass is 237 g/mol. The zero-order valence-corrected chi connectivity index (χ0v) is 9.12. The van der Waals surface area contributed by atoms with Crippen LogP contribution in [0.15, 0.2) is 24.3 Å². The lowest BCUT2D eigenvalue weighted by Crippen LogP contribution is -2.23. The molecule has 1 atom stereocenters. The van der Waals surface area contributed by atoms with Gasteiger partial charge in [-0.15, -0.1) is 0 Å². The quantitative estimate of drug-likeness (QED) is 0.365. The maximum absolute atomic E-state index is 11.7. The van der Waals surface area contributed by atoms with Gasteiger partial charge < -0.3 is 5.11 Å². The number of benzene rings is 1. The van der Waals surface area contributed by atoms with Crippen molar-refractivity contribution in [2.45, 2.75) is 13.3 Å². The van der Waals surface area contributed by atoms with Crippen LogP contribution in [0, 0.1) is 16.0 Å². The fourth-order valence-electron chi connectivity index (χ4n) is 1.42. The Bertz CT molecular complexity index is 451. The summed E-state index contributed by atoms with van der Waals surface area (Å²) in [5.74, 6) is -2.82. The summed E-state index contributed by atoms with van der Waals surface area (Å²) in [7, 11) is 0. The molecule has 6 heteroatoms. The zero-order valence-electron chi connectivity index (χ0n) is 9.12. The van der Waals surface area contributed by atoms with Crippen molar-refractivity contribution in [1.29, 1.82) is 0 Å². The minimum Gasteiger partial charge on any atom is -0.481 e. The summed E-state index contributed by atoms with van der Waals surface area (Å²) in [5, 5.41) is 19.2. The number of nitrogens with zero attached hydrogens (tertiary/aromatic N) is 1. The van der Waals surface area contributed by atoms with E-state index in [1.54, 1.807) is 6.92 Å². The number of carbonyl (C=O) groups is 2. The third-order valence-corrected chi connectivity index (χ3v) is 2.39.